The topological polar surface area (TPSA) is 69.7 Å². The van der Waals surface area contributed by atoms with Gasteiger partial charge in [-0.1, -0.05) is 60.1 Å². The van der Waals surface area contributed by atoms with Gasteiger partial charge in [-0.2, -0.15) is 8.42 Å². The van der Waals surface area contributed by atoms with Crippen molar-refractivity contribution in [1.82, 2.24) is 0 Å². The Morgan fingerprint density at radius 1 is 0.926 bits per heavy atom. The molecule has 0 fully saturated rings. The second-order valence-electron chi connectivity index (χ2n) is 5.54. The lowest BCUT2D eigenvalue weighted by molar-refractivity contribution is 0.0600. The first-order chi connectivity index (χ1) is 12.9. The van der Waals surface area contributed by atoms with Crippen LogP contribution < -0.4 is 4.18 Å². The zero-order valence-electron chi connectivity index (χ0n) is 14.3. The lowest BCUT2D eigenvalue weighted by atomic mass is 10.1. The number of hydrogen-bond donors (Lipinski definition) is 0. The van der Waals surface area contributed by atoms with E-state index in [0.29, 0.717) is 5.56 Å². The summed E-state index contributed by atoms with van der Waals surface area (Å²) in [5.74, 6) is -0.437. The van der Waals surface area contributed by atoms with Crippen LogP contribution >= 0.6 is 11.6 Å². The van der Waals surface area contributed by atoms with Crippen molar-refractivity contribution in [2.45, 2.75) is 4.90 Å². The van der Waals surface area contributed by atoms with Gasteiger partial charge in [-0.15, -0.1) is 0 Å². The third kappa shape index (κ3) is 4.13. The number of para-hydroxylation sites is 1. The summed E-state index contributed by atoms with van der Waals surface area (Å²) in [4.78, 5) is 11.3. The molecule has 3 aromatic carbocycles. The van der Waals surface area contributed by atoms with E-state index in [-0.39, 0.29) is 21.2 Å². The normalized spacial score (nSPS) is 11.0. The van der Waals surface area contributed by atoms with E-state index in [0.717, 1.165) is 5.56 Å². The van der Waals surface area contributed by atoms with Crippen molar-refractivity contribution < 1.29 is 22.1 Å². The van der Waals surface area contributed by atoms with Crippen LogP contribution in [0.1, 0.15) is 10.4 Å². The van der Waals surface area contributed by atoms with E-state index in [1.54, 1.807) is 24.3 Å². The molecule has 0 saturated carbocycles. The molecule has 3 rings (SSSR count). The molecule has 0 radical (unpaired) electrons. The summed E-state index contributed by atoms with van der Waals surface area (Å²) in [7, 11) is -2.98. The highest BCUT2D eigenvalue weighted by Gasteiger charge is 2.23. The number of hydrogen-bond acceptors (Lipinski definition) is 5. The van der Waals surface area contributed by atoms with Crippen LogP contribution in [-0.4, -0.2) is 21.5 Å². The quantitative estimate of drug-likeness (QED) is 0.462. The third-order valence-corrected chi connectivity index (χ3v) is 5.51. The summed E-state index contributed by atoms with van der Waals surface area (Å²) >= 11 is 6.07. The van der Waals surface area contributed by atoms with Crippen molar-refractivity contribution in [2.75, 3.05) is 7.11 Å². The van der Waals surface area contributed by atoms with Crippen molar-refractivity contribution in [1.29, 1.82) is 0 Å². The average molecular weight is 403 g/mol. The Bertz CT molecular complexity index is 1080. The number of carbonyl (C=O) groups is 1. The standard InChI is InChI=1S/C20H15ClO5S/c1-25-20(22)15-11-12-19(17(21)13-15)27(23,24)26-18-10-6-5-9-16(18)14-7-3-2-4-8-14/h2-13H,1H3. The zero-order chi connectivity index (χ0) is 19.4. The molecule has 0 atom stereocenters. The molecular weight excluding hydrogens is 388 g/mol. The van der Waals surface area contributed by atoms with E-state index in [1.165, 1.54) is 25.3 Å². The molecular formula is C20H15ClO5S. The molecule has 0 saturated heterocycles. The number of esters is 1. The predicted octanol–water partition coefficient (Wildman–Crippen LogP) is 4.56. The fraction of sp³-hybridized carbons (Fsp3) is 0.0500. The average Bonchev–Trinajstić information content (AvgIpc) is 2.68. The fourth-order valence-electron chi connectivity index (χ4n) is 2.51. The number of carbonyl (C=O) groups excluding carboxylic acids is 1. The molecule has 27 heavy (non-hydrogen) atoms. The zero-order valence-corrected chi connectivity index (χ0v) is 15.8. The largest absolute Gasteiger partial charge is 0.465 e. The van der Waals surface area contributed by atoms with E-state index >= 15 is 0 Å². The van der Waals surface area contributed by atoms with Crippen molar-refractivity contribution in [3.05, 3.63) is 83.4 Å². The summed E-state index contributed by atoms with van der Waals surface area (Å²) in [6, 6.07) is 19.8. The number of rotatable bonds is 5. The molecule has 0 unspecified atom stereocenters. The SMILES string of the molecule is COC(=O)c1ccc(S(=O)(=O)Oc2ccccc2-c2ccccc2)c(Cl)c1. The van der Waals surface area contributed by atoms with Crippen LogP contribution in [0.25, 0.3) is 11.1 Å². The Labute approximate surface area is 162 Å². The molecule has 0 spiro atoms. The predicted molar refractivity (Wildman–Crippen MR) is 102 cm³/mol. The smallest absolute Gasteiger partial charge is 0.340 e. The molecule has 0 aliphatic heterocycles. The van der Waals surface area contributed by atoms with Gasteiger partial charge in [-0.25, -0.2) is 4.79 Å². The lowest BCUT2D eigenvalue weighted by Gasteiger charge is -2.13. The highest BCUT2D eigenvalue weighted by molar-refractivity contribution is 7.87. The Kier molecular flexibility index (Phi) is 5.48. The Morgan fingerprint density at radius 2 is 1.59 bits per heavy atom. The second-order valence-corrected chi connectivity index (χ2v) is 7.46. The van der Waals surface area contributed by atoms with Crippen molar-refractivity contribution in [3.8, 4) is 16.9 Å². The molecule has 0 heterocycles. The third-order valence-electron chi connectivity index (χ3n) is 3.79. The van der Waals surface area contributed by atoms with Gasteiger partial charge in [-0.3, -0.25) is 0 Å². The maximum Gasteiger partial charge on any atom is 0.340 e. The van der Waals surface area contributed by atoms with Crippen LogP contribution in [0.3, 0.4) is 0 Å². The molecule has 0 bridgehead atoms. The van der Waals surface area contributed by atoms with Crippen LogP contribution in [0.5, 0.6) is 5.75 Å². The molecule has 0 N–H and O–H groups in total. The minimum Gasteiger partial charge on any atom is -0.465 e. The van der Waals surface area contributed by atoms with Crippen molar-refractivity contribution in [2.24, 2.45) is 0 Å². The Hall–Kier alpha value is -2.83. The van der Waals surface area contributed by atoms with E-state index in [4.69, 9.17) is 15.8 Å². The number of methoxy groups -OCH3 is 1. The van der Waals surface area contributed by atoms with Gasteiger partial charge in [0.1, 0.15) is 4.90 Å². The molecule has 3 aromatic rings. The Morgan fingerprint density at radius 3 is 2.26 bits per heavy atom. The Balaban J connectivity index is 1.98. The van der Waals surface area contributed by atoms with E-state index in [1.807, 2.05) is 30.3 Å². The summed E-state index contributed by atoms with van der Waals surface area (Å²) in [6.45, 7) is 0. The van der Waals surface area contributed by atoms with Gasteiger partial charge >= 0.3 is 16.1 Å². The summed E-state index contributed by atoms with van der Waals surface area (Å²) in [5.41, 5.74) is 1.59. The maximum atomic E-state index is 12.7. The van der Waals surface area contributed by atoms with E-state index in [9.17, 15) is 13.2 Å². The van der Waals surface area contributed by atoms with Gasteiger partial charge < -0.3 is 8.92 Å². The van der Waals surface area contributed by atoms with Gasteiger partial charge in [0.15, 0.2) is 5.75 Å². The van der Waals surface area contributed by atoms with E-state index in [2.05, 4.69) is 4.74 Å². The first-order valence-corrected chi connectivity index (χ1v) is 9.68. The van der Waals surface area contributed by atoms with Gasteiger partial charge in [0.2, 0.25) is 0 Å². The first kappa shape index (κ1) is 18.9. The summed E-state index contributed by atoms with van der Waals surface area (Å²) < 4.78 is 35.4. The molecule has 5 nitrogen and oxygen atoms in total. The van der Waals surface area contributed by atoms with E-state index < -0.39 is 16.1 Å². The molecule has 0 aliphatic rings. The fourth-order valence-corrected chi connectivity index (χ4v) is 3.97. The van der Waals surface area contributed by atoms with Crippen LogP contribution in [0.15, 0.2) is 77.7 Å². The highest BCUT2D eigenvalue weighted by Crippen LogP contribution is 2.33. The molecule has 0 amide bonds. The minimum absolute atomic E-state index is 0.130. The molecule has 7 heteroatoms. The monoisotopic (exact) mass is 402 g/mol. The van der Waals surface area contributed by atoms with Crippen LogP contribution in [0, 0.1) is 0 Å². The lowest BCUT2D eigenvalue weighted by Crippen LogP contribution is -2.12. The molecule has 0 aromatic heterocycles. The minimum atomic E-state index is -4.21. The number of ether oxygens (including phenoxy) is 1. The summed E-state index contributed by atoms with van der Waals surface area (Å²) in [5, 5.41) is -0.130. The van der Waals surface area contributed by atoms with Crippen LogP contribution in [-0.2, 0) is 14.9 Å². The van der Waals surface area contributed by atoms with Crippen LogP contribution in [0.2, 0.25) is 5.02 Å². The maximum absolute atomic E-state index is 12.7. The van der Waals surface area contributed by atoms with Gasteiger partial charge in [-0.05, 0) is 29.8 Å². The van der Waals surface area contributed by atoms with Crippen LogP contribution in [0.4, 0.5) is 0 Å². The van der Waals surface area contributed by atoms with Gasteiger partial charge in [0.05, 0.1) is 17.7 Å². The second kappa shape index (κ2) is 7.82. The number of benzene rings is 3. The van der Waals surface area contributed by atoms with Crippen molar-refractivity contribution >= 4 is 27.7 Å². The first-order valence-electron chi connectivity index (χ1n) is 7.89. The van der Waals surface area contributed by atoms with Gasteiger partial charge in [0, 0.05) is 5.56 Å². The molecule has 138 valence electrons. The number of halogens is 1. The molecule has 0 aliphatic carbocycles. The highest BCUT2D eigenvalue weighted by atomic mass is 35.5. The van der Waals surface area contributed by atoms with Crippen molar-refractivity contribution in [3.63, 3.8) is 0 Å². The van der Waals surface area contributed by atoms with Gasteiger partial charge in [0.25, 0.3) is 0 Å². The summed E-state index contributed by atoms with van der Waals surface area (Å²) in [6.07, 6.45) is 0.